The van der Waals surface area contributed by atoms with Gasteiger partial charge in [-0.2, -0.15) is 0 Å². The summed E-state index contributed by atoms with van der Waals surface area (Å²) < 4.78 is 10.7. The number of methoxy groups -OCH3 is 2. The quantitative estimate of drug-likeness (QED) is 0.859. The minimum Gasteiger partial charge on any atom is -0.497 e. The van der Waals surface area contributed by atoms with Crippen LogP contribution in [0.15, 0.2) is 18.2 Å². The first-order chi connectivity index (χ1) is 10.2. The molecule has 0 spiro atoms. The Hall–Kier alpha value is -1.22. The molecule has 0 heterocycles. The van der Waals surface area contributed by atoms with E-state index in [1.54, 1.807) is 14.2 Å². The molecule has 1 saturated carbocycles. The smallest absolute Gasteiger partial charge is 0.127 e. The summed E-state index contributed by atoms with van der Waals surface area (Å²) in [7, 11) is 3.40. The van der Waals surface area contributed by atoms with Crippen LogP contribution in [0, 0.1) is 11.8 Å². The van der Waals surface area contributed by atoms with Crippen molar-refractivity contribution in [2.75, 3.05) is 14.2 Å². The molecule has 3 heteroatoms. The van der Waals surface area contributed by atoms with Crippen LogP contribution in [-0.2, 0) is 6.54 Å². The lowest BCUT2D eigenvalue weighted by atomic mass is 9.78. The molecule has 1 aromatic rings. The van der Waals surface area contributed by atoms with Crippen molar-refractivity contribution >= 4 is 0 Å². The zero-order chi connectivity index (χ0) is 15.2. The molecule has 2 unspecified atom stereocenters. The lowest BCUT2D eigenvalue weighted by molar-refractivity contribution is 0.204. The lowest BCUT2D eigenvalue weighted by Crippen LogP contribution is -2.40. The summed E-state index contributed by atoms with van der Waals surface area (Å²) in [5.41, 5.74) is 1.20. The maximum absolute atomic E-state index is 5.48. The van der Waals surface area contributed by atoms with Crippen molar-refractivity contribution in [3.63, 3.8) is 0 Å². The summed E-state index contributed by atoms with van der Waals surface area (Å²) >= 11 is 0. The van der Waals surface area contributed by atoms with Gasteiger partial charge in [-0.15, -0.1) is 0 Å². The van der Waals surface area contributed by atoms with Crippen molar-refractivity contribution in [1.82, 2.24) is 5.32 Å². The van der Waals surface area contributed by atoms with Gasteiger partial charge in [0.1, 0.15) is 11.5 Å². The third kappa shape index (κ3) is 4.13. The van der Waals surface area contributed by atoms with E-state index < -0.39 is 0 Å². The topological polar surface area (TPSA) is 30.5 Å². The number of hydrogen-bond acceptors (Lipinski definition) is 3. The normalized spacial score (nSPS) is 22.3. The van der Waals surface area contributed by atoms with E-state index in [0.717, 1.165) is 29.9 Å². The summed E-state index contributed by atoms with van der Waals surface area (Å²) in [6, 6.07) is 6.68. The van der Waals surface area contributed by atoms with Crippen LogP contribution in [0.5, 0.6) is 11.5 Å². The Morgan fingerprint density at radius 3 is 2.57 bits per heavy atom. The number of benzene rings is 1. The van der Waals surface area contributed by atoms with Crippen LogP contribution >= 0.6 is 0 Å². The largest absolute Gasteiger partial charge is 0.497 e. The fourth-order valence-electron chi connectivity index (χ4n) is 3.45. The van der Waals surface area contributed by atoms with E-state index in [1.807, 2.05) is 12.1 Å². The van der Waals surface area contributed by atoms with Gasteiger partial charge in [0, 0.05) is 24.2 Å². The minimum absolute atomic E-state index is 0.630. The van der Waals surface area contributed by atoms with E-state index in [-0.39, 0.29) is 0 Å². The summed E-state index contributed by atoms with van der Waals surface area (Å²) in [5.74, 6) is 3.29. The van der Waals surface area contributed by atoms with Gasteiger partial charge in [-0.1, -0.05) is 32.8 Å². The van der Waals surface area contributed by atoms with E-state index in [0.29, 0.717) is 6.04 Å². The van der Waals surface area contributed by atoms with E-state index in [4.69, 9.17) is 9.47 Å². The highest BCUT2D eigenvalue weighted by molar-refractivity contribution is 5.40. The molecular weight excluding hydrogens is 262 g/mol. The maximum atomic E-state index is 5.48. The fraction of sp³-hybridized carbons (Fsp3) is 0.667. The highest BCUT2D eigenvalue weighted by atomic mass is 16.5. The van der Waals surface area contributed by atoms with Crippen molar-refractivity contribution in [2.45, 2.75) is 52.1 Å². The Morgan fingerprint density at radius 2 is 1.90 bits per heavy atom. The predicted octanol–water partition coefficient (Wildman–Crippen LogP) is 4.01. The number of nitrogens with one attached hydrogen (secondary N) is 1. The molecule has 1 N–H and O–H groups in total. The first-order valence-corrected chi connectivity index (χ1v) is 8.10. The van der Waals surface area contributed by atoms with Crippen LogP contribution in [0.25, 0.3) is 0 Å². The number of rotatable bonds is 6. The van der Waals surface area contributed by atoms with Gasteiger partial charge in [-0.3, -0.25) is 0 Å². The molecule has 21 heavy (non-hydrogen) atoms. The summed E-state index contributed by atoms with van der Waals surface area (Å²) in [6.45, 7) is 5.55. The zero-order valence-electron chi connectivity index (χ0n) is 13.8. The Labute approximate surface area is 129 Å². The minimum atomic E-state index is 0.630. The molecular formula is C18H29NO2. The van der Waals surface area contributed by atoms with Crippen LogP contribution in [0.2, 0.25) is 0 Å². The Bertz CT molecular complexity index is 445. The number of hydrogen-bond donors (Lipinski definition) is 1. The summed E-state index contributed by atoms with van der Waals surface area (Å²) in [6.07, 6.45) is 5.38. The third-order valence-electron chi connectivity index (χ3n) is 4.72. The van der Waals surface area contributed by atoms with Crippen molar-refractivity contribution in [3.05, 3.63) is 23.8 Å². The maximum Gasteiger partial charge on any atom is 0.127 e. The second kappa shape index (κ2) is 7.69. The van der Waals surface area contributed by atoms with Crippen molar-refractivity contribution < 1.29 is 9.47 Å². The van der Waals surface area contributed by atoms with Gasteiger partial charge in [-0.25, -0.2) is 0 Å². The van der Waals surface area contributed by atoms with Gasteiger partial charge < -0.3 is 14.8 Å². The second-order valence-electron chi connectivity index (χ2n) is 6.36. The van der Waals surface area contributed by atoms with Crippen LogP contribution in [0.3, 0.4) is 0 Å². The molecule has 1 aliphatic rings. The van der Waals surface area contributed by atoms with Crippen LogP contribution in [0.1, 0.15) is 45.1 Å². The molecule has 1 fully saturated rings. The zero-order valence-corrected chi connectivity index (χ0v) is 13.8. The van der Waals surface area contributed by atoms with E-state index in [2.05, 4.69) is 25.2 Å². The molecule has 1 aliphatic carbocycles. The van der Waals surface area contributed by atoms with Gasteiger partial charge in [0.05, 0.1) is 14.2 Å². The average molecular weight is 291 g/mol. The highest BCUT2D eigenvalue weighted by Gasteiger charge is 2.27. The molecule has 3 nitrogen and oxygen atoms in total. The third-order valence-corrected chi connectivity index (χ3v) is 4.72. The van der Waals surface area contributed by atoms with E-state index >= 15 is 0 Å². The van der Waals surface area contributed by atoms with Gasteiger partial charge in [0.25, 0.3) is 0 Å². The molecule has 0 saturated heterocycles. The molecule has 2 rings (SSSR count). The first kappa shape index (κ1) is 16.2. The first-order valence-electron chi connectivity index (χ1n) is 8.10. The fourth-order valence-corrected chi connectivity index (χ4v) is 3.45. The van der Waals surface area contributed by atoms with Gasteiger partial charge >= 0.3 is 0 Å². The summed E-state index contributed by atoms with van der Waals surface area (Å²) in [5, 5.41) is 3.76. The molecule has 1 aromatic carbocycles. The SMILES string of the molecule is COc1ccc(CNC2CCCCC2C(C)C)c(OC)c1. The Morgan fingerprint density at radius 1 is 1.14 bits per heavy atom. The van der Waals surface area contributed by atoms with Crippen molar-refractivity contribution in [3.8, 4) is 11.5 Å². The van der Waals surface area contributed by atoms with Crippen molar-refractivity contribution in [1.29, 1.82) is 0 Å². The molecule has 118 valence electrons. The van der Waals surface area contributed by atoms with E-state index in [1.165, 1.54) is 31.2 Å². The molecule has 0 radical (unpaired) electrons. The number of ether oxygens (including phenoxy) is 2. The monoisotopic (exact) mass is 291 g/mol. The Balaban J connectivity index is 2.01. The van der Waals surface area contributed by atoms with Gasteiger partial charge in [-0.05, 0) is 30.7 Å². The van der Waals surface area contributed by atoms with Gasteiger partial charge in [0.2, 0.25) is 0 Å². The Kier molecular flexibility index (Phi) is 5.92. The molecule has 0 aromatic heterocycles. The van der Waals surface area contributed by atoms with Crippen LogP contribution in [0.4, 0.5) is 0 Å². The summed E-state index contributed by atoms with van der Waals surface area (Å²) in [4.78, 5) is 0. The van der Waals surface area contributed by atoms with Crippen molar-refractivity contribution in [2.24, 2.45) is 11.8 Å². The predicted molar refractivity (Wildman–Crippen MR) is 87.0 cm³/mol. The molecule has 0 amide bonds. The van der Waals surface area contributed by atoms with Gasteiger partial charge in [0.15, 0.2) is 0 Å². The van der Waals surface area contributed by atoms with E-state index in [9.17, 15) is 0 Å². The van der Waals surface area contributed by atoms with Crippen LogP contribution < -0.4 is 14.8 Å². The average Bonchev–Trinajstić information content (AvgIpc) is 2.52. The molecule has 0 aliphatic heterocycles. The highest BCUT2D eigenvalue weighted by Crippen LogP contribution is 2.31. The standard InChI is InChI=1S/C18H29NO2/c1-13(2)16-7-5-6-8-17(16)19-12-14-9-10-15(20-3)11-18(14)21-4/h9-11,13,16-17,19H,5-8,12H2,1-4H3. The molecule has 2 atom stereocenters. The molecule has 0 bridgehead atoms. The second-order valence-corrected chi connectivity index (χ2v) is 6.36. The lowest BCUT2D eigenvalue weighted by Gasteiger charge is -2.35. The van der Waals surface area contributed by atoms with Crippen LogP contribution in [-0.4, -0.2) is 20.3 Å².